The van der Waals surface area contributed by atoms with E-state index in [2.05, 4.69) is 5.32 Å². The molecule has 1 nitrogen and oxygen atoms in total. The molecular formula is C13H17ClFN. The van der Waals surface area contributed by atoms with Gasteiger partial charge in [0, 0.05) is 17.0 Å². The van der Waals surface area contributed by atoms with Crippen molar-refractivity contribution in [3.05, 3.63) is 34.6 Å². The maximum atomic E-state index is 13.8. The van der Waals surface area contributed by atoms with Crippen LogP contribution in [-0.4, -0.2) is 13.1 Å². The molecule has 88 valence electrons. The van der Waals surface area contributed by atoms with Crippen LogP contribution in [0.3, 0.4) is 0 Å². The molecule has 1 aromatic rings. The second-order valence-corrected chi connectivity index (χ2v) is 4.89. The van der Waals surface area contributed by atoms with E-state index in [0.29, 0.717) is 11.1 Å². The molecule has 1 aromatic carbocycles. The molecule has 1 aliphatic rings. The summed E-state index contributed by atoms with van der Waals surface area (Å²) in [6.45, 7) is 0. The van der Waals surface area contributed by atoms with Crippen LogP contribution in [-0.2, 0) is 0 Å². The van der Waals surface area contributed by atoms with Gasteiger partial charge < -0.3 is 5.32 Å². The smallest absolute Gasteiger partial charge is 0.128 e. The molecule has 0 bridgehead atoms. The predicted molar refractivity (Wildman–Crippen MR) is 65.5 cm³/mol. The van der Waals surface area contributed by atoms with Crippen molar-refractivity contribution < 1.29 is 4.39 Å². The molecule has 1 aliphatic carbocycles. The summed E-state index contributed by atoms with van der Waals surface area (Å²) in [6.07, 6.45) is 4.61. The Morgan fingerprint density at radius 1 is 1.31 bits per heavy atom. The molecule has 0 aromatic heterocycles. The molecule has 1 fully saturated rings. The number of hydrogen-bond acceptors (Lipinski definition) is 1. The molecule has 0 heterocycles. The van der Waals surface area contributed by atoms with E-state index >= 15 is 0 Å². The summed E-state index contributed by atoms with van der Waals surface area (Å²) < 4.78 is 13.8. The first kappa shape index (κ1) is 11.9. The predicted octanol–water partition coefficient (Wildman–Crippen LogP) is 3.72. The number of likely N-dealkylation sites (N-methyl/N-ethyl adjacent to an activating group) is 1. The van der Waals surface area contributed by atoms with E-state index in [4.69, 9.17) is 11.6 Å². The molecule has 1 N–H and O–H groups in total. The van der Waals surface area contributed by atoms with Gasteiger partial charge in [0.1, 0.15) is 5.82 Å². The fraction of sp³-hybridized carbons (Fsp3) is 0.538. The molecule has 1 saturated carbocycles. The minimum Gasteiger partial charge on any atom is -0.316 e. The molecule has 2 rings (SSSR count). The quantitative estimate of drug-likeness (QED) is 0.832. The lowest BCUT2D eigenvalue weighted by molar-refractivity contribution is 0.337. The van der Waals surface area contributed by atoms with Crippen LogP contribution < -0.4 is 5.32 Å². The van der Waals surface area contributed by atoms with E-state index < -0.39 is 0 Å². The third kappa shape index (κ3) is 2.38. The van der Waals surface area contributed by atoms with E-state index in [1.165, 1.54) is 18.9 Å². The van der Waals surface area contributed by atoms with Crippen molar-refractivity contribution in [1.29, 1.82) is 0 Å². The minimum atomic E-state index is -0.167. The maximum Gasteiger partial charge on any atom is 0.128 e. The van der Waals surface area contributed by atoms with Crippen LogP contribution in [0.1, 0.15) is 37.2 Å². The van der Waals surface area contributed by atoms with Crippen LogP contribution in [0.4, 0.5) is 4.39 Å². The van der Waals surface area contributed by atoms with Gasteiger partial charge >= 0.3 is 0 Å². The number of rotatable bonds is 2. The Kier molecular flexibility index (Phi) is 3.82. The van der Waals surface area contributed by atoms with Crippen molar-refractivity contribution in [2.75, 3.05) is 7.05 Å². The van der Waals surface area contributed by atoms with Crippen molar-refractivity contribution >= 4 is 11.6 Å². The van der Waals surface area contributed by atoms with Gasteiger partial charge in [0.2, 0.25) is 0 Å². The summed E-state index contributed by atoms with van der Waals surface area (Å²) in [5.74, 6) is 0.121. The van der Waals surface area contributed by atoms with E-state index in [1.807, 2.05) is 13.1 Å². The van der Waals surface area contributed by atoms with Gasteiger partial charge in [-0.25, -0.2) is 4.39 Å². The van der Waals surface area contributed by atoms with Crippen molar-refractivity contribution in [3.63, 3.8) is 0 Å². The Morgan fingerprint density at radius 2 is 2.06 bits per heavy atom. The number of halogens is 2. The van der Waals surface area contributed by atoms with E-state index in [-0.39, 0.29) is 11.7 Å². The Hall–Kier alpha value is -0.600. The van der Waals surface area contributed by atoms with Crippen LogP contribution in [0, 0.1) is 5.82 Å². The molecule has 0 amide bonds. The first-order valence-electron chi connectivity index (χ1n) is 5.84. The molecule has 2 unspecified atom stereocenters. The lowest BCUT2D eigenvalue weighted by atomic mass is 9.80. The fourth-order valence-corrected chi connectivity index (χ4v) is 2.81. The number of nitrogens with one attached hydrogen (secondary N) is 1. The van der Waals surface area contributed by atoms with E-state index in [1.54, 1.807) is 6.07 Å². The van der Waals surface area contributed by atoms with Crippen molar-refractivity contribution in [1.82, 2.24) is 5.32 Å². The normalized spacial score (nSPS) is 25.7. The third-order valence-corrected chi connectivity index (χ3v) is 3.73. The van der Waals surface area contributed by atoms with Crippen LogP contribution >= 0.6 is 11.6 Å². The van der Waals surface area contributed by atoms with Gasteiger partial charge in [-0.3, -0.25) is 0 Å². The highest BCUT2D eigenvalue weighted by molar-refractivity contribution is 6.30. The topological polar surface area (TPSA) is 12.0 Å². The summed E-state index contributed by atoms with van der Waals surface area (Å²) in [6, 6.07) is 5.42. The zero-order valence-electron chi connectivity index (χ0n) is 9.47. The van der Waals surface area contributed by atoms with E-state index in [0.717, 1.165) is 18.4 Å². The lowest BCUT2D eigenvalue weighted by Gasteiger charge is -2.31. The van der Waals surface area contributed by atoms with Crippen molar-refractivity contribution in [3.8, 4) is 0 Å². The average Bonchev–Trinajstić information content (AvgIpc) is 2.29. The number of hydrogen-bond donors (Lipinski definition) is 1. The largest absolute Gasteiger partial charge is 0.316 e. The molecule has 0 aliphatic heterocycles. The second-order valence-electron chi connectivity index (χ2n) is 4.45. The Labute approximate surface area is 101 Å². The SMILES string of the molecule is CNC1CCCCC1c1ccc(Cl)cc1F. The summed E-state index contributed by atoms with van der Waals surface area (Å²) >= 11 is 5.77. The van der Waals surface area contributed by atoms with Crippen LogP contribution in [0.25, 0.3) is 0 Å². The Balaban J connectivity index is 2.27. The lowest BCUT2D eigenvalue weighted by Crippen LogP contribution is -2.35. The zero-order valence-corrected chi connectivity index (χ0v) is 10.2. The molecule has 0 saturated heterocycles. The first-order valence-corrected chi connectivity index (χ1v) is 6.22. The van der Waals surface area contributed by atoms with Gasteiger partial charge in [0.15, 0.2) is 0 Å². The summed E-state index contributed by atoms with van der Waals surface area (Å²) in [5.41, 5.74) is 0.809. The van der Waals surface area contributed by atoms with Gasteiger partial charge in [-0.15, -0.1) is 0 Å². The molecule has 2 atom stereocenters. The van der Waals surface area contributed by atoms with Crippen LogP contribution in [0.15, 0.2) is 18.2 Å². The molecule has 0 spiro atoms. The summed E-state index contributed by atoms with van der Waals surface area (Å²) in [5, 5.41) is 3.77. The van der Waals surface area contributed by atoms with Crippen LogP contribution in [0.2, 0.25) is 5.02 Å². The molecular weight excluding hydrogens is 225 g/mol. The summed E-state index contributed by atoms with van der Waals surface area (Å²) in [7, 11) is 1.96. The van der Waals surface area contributed by atoms with Gasteiger partial charge in [0.05, 0.1) is 0 Å². The summed E-state index contributed by atoms with van der Waals surface area (Å²) in [4.78, 5) is 0. The van der Waals surface area contributed by atoms with Gasteiger partial charge in [-0.1, -0.05) is 30.5 Å². The Bertz CT molecular complexity index is 367. The third-order valence-electron chi connectivity index (χ3n) is 3.50. The highest BCUT2D eigenvalue weighted by Crippen LogP contribution is 2.34. The van der Waals surface area contributed by atoms with Gasteiger partial charge in [-0.2, -0.15) is 0 Å². The standard InChI is InChI=1S/C13H17ClFN/c1-16-13-5-3-2-4-11(13)10-7-6-9(14)8-12(10)15/h6-8,11,13,16H,2-5H2,1H3. The van der Waals surface area contributed by atoms with Gasteiger partial charge in [0.25, 0.3) is 0 Å². The first-order chi connectivity index (χ1) is 7.72. The molecule has 16 heavy (non-hydrogen) atoms. The Morgan fingerprint density at radius 3 is 2.75 bits per heavy atom. The average molecular weight is 242 g/mol. The number of benzene rings is 1. The van der Waals surface area contributed by atoms with Crippen LogP contribution in [0.5, 0.6) is 0 Å². The zero-order chi connectivity index (χ0) is 11.5. The molecule has 0 radical (unpaired) electrons. The monoisotopic (exact) mass is 241 g/mol. The second kappa shape index (κ2) is 5.15. The highest BCUT2D eigenvalue weighted by atomic mass is 35.5. The van der Waals surface area contributed by atoms with Crippen molar-refractivity contribution in [2.24, 2.45) is 0 Å². The minimum absolute atomic E-state index is 0.167. The molecule has 3 heteroatoms. The van der Waals surface area contributed by atoms with Crippen molar-refractivity contribution in [2.45, 2.75) is 37.6 Å². The van der Waals surface area contributed by atoms with E-state index in [9.17, 15) is 4.39 Å². The highest BCUT2D eigenvalue weighted by Gasteiger charge is 2.27. The maximum absolute atomic E-state index is 13.8. The van der Waals surface area contributed by atoms with Gasteiger partial charge in [-0.05, 0) is 37.6 Å². The fourth-order valence-electron chi connectivity index (χ4n) is 2.65.